The summed E-state index contributed by atoms with van der Waals surface area (Å²) < 4.78 is 0. The zero-order chi connectivity index (χ0) is 12.3. The van der Waals surface area contributed by atoms with E-state index in [1.807, 2.05) is 0 Å². The number of rotatable bonds is 4. The van der Waals surface area contributed by atoms with Crippen molar-refractivity contribution in [2.24, 2.45) is 17.8 Å². The Labute approximate surface area is 106 Å². The van der Waals surface area contributed by atoms with E-state index in [4.69, 9.17) is 0 Å². The predicted octanol–water partition coefficient (Wildman–Crippen LogP) is 3.16. The van der Waals surface area contributed by atoms with E-state index in [1.54, 1.807) is 0 Å². The summed E-state index contributed by atoms with van der Waals surface area (Å²) in [6.45, 7) is 5.70. The summed E-state index contributed by atoms with van der Waals surface area (Å²) in [5, 5.41) is 3.32. The van der Waals surface area contributed by atoms with Gasteiger partial charge in [-0.25, -0.2) is 0 Å². The van der Waals surface area contributed by atoms with Gasteiger partial charge in [-0.05, 0) is 62.8 Å². The lowest BCUT2D eigenvalue weighted by molar-refractivity contribution is -0.121. The van der Waals surface area contributed by atoms with Crippen LogP contribution in [-0.2, 0) is 4.79 Å². The number of carbonyl (C=O) groups is 1. The number of ketones is 1. The minimum Gasteiger partial charge on any atom is -0.307 e. The number of hydrogen-bond acceptors (Lipinski definition) is 2. The molecule has 1 N–H and O–H groups in total. The second-order valence-corrected chi connectivity index (χ2v) is 6.34. The quantitative estimate of drug-likeness (QED) is 0.813. The molecule has 2 heteroatoms. The summed E-state index contributed by atoms with van der Waals surface area (Å²) in [4.78, 5) is 12.1. The molecule has 2 aliphatic rings. The standard InChI is InChI=1S/C15H27NO/c1-11(2)13-7-5-12(6-8-13)10-15(17)14-4-3-9-16-14/h11-14,16H,3-10H2,1-2H3/t12?,13?,14-/m1/s1. The summed E-state index contributed by atoms with van der Waals surface area (Å²) in [5.74, 6) is 2.89. The molecule has 0 radical (unpaired) electrons. The van der Waals surface area contributed by atoms with Gasteiger partial charge in [-0.15, -0.1) is 0 Å². The summed E-state index contributed by atoms with van der Waals surface area (Å²) in [7, 11) is 0. The monoisotopic (exact) mass is 237 g/mol. The number of nitrogens with one attached hydrogen (secondary N) is 1. The predicted molar refractivity (Wildman–Crippen MR) is 70.9 cm³/mol. The molecule has 1 saturated heterocycles. The van der Waals surface area contributed by atoms with Gasteiger partial charge in [0.05, 0.1) is 6.04 Å². The van der Waals surface area contributed by atoms with Crippen LogP contribution in [0.2, 0.25) is 0 Å². The molecule has 98 valence electrons. The second-order valence-electron chi connectivity index (χ2n) is 6.34. The first kappa shape index (κ1) is 13.1. The number of carbonyl (C=O) groups excluding carboxylic acids is 1. The van der Waals surface area contributed by atoms with Crippen LogP contribution in [0, 0.1) is 17.8 Å². The van der Waals surface area contributed by atoms with Crippen LogP contribution < -0.4 is 5.32 Å². The summed E-state index contributed by atoms with van der Waals surface area (Å²) in [5.41, 5.74) is 0. The van der Waals surface area contributed by atoms with Crippen molar-refractivity contribution in [1.82, 2.24) is 5.32 Å². The topological polar surface area (TPSA) is 29.1 Å². The van der Waals surface area contributed by atoms with Gasteiger partial charge in [0.25, 0.3) is 0 Å². The van der Waals surface area contributed by atoms with Crippen LogP contribution in [0.5, 0.6) is 0 Å². The first-order valence-electron chi connectivity index (χ1n) is 7.43. The Morgan fingerprint density at radius 2 is 1.88 bits per heavy atom. The normalized spacial score (nSPS) is 34.2. The Morgan fingerprint density at radius 1 is 1.18 bits per heavy atom. The van der Waals surface area contributed by atoms with Crippen LogP contribution in [0.15, 0.2) is 0 Å². The molecule has 0 amide bonds. The molecule has 1 aliphatic heterocycles. The largest absolute Gasteiger partial charge is 0.307 e. The van der Waals surface area contributed by atoms with E-state index in [9.17, 15) is 4.79 Å². The van der Waals surface area contributed by atoms with Crippen molar-refractivity contribution in [3.8, 4) is 0 Å². The zero-order valence-electron chi connectivity index (χ0n) is 11.4. The van der Waals surface area contributed by atoms with Gasteiger partial charge >= 0.3 is 0 Å². The first-order valence-corrected chi connectivity index (χ1v) is 7.43. The molecule has 0 aromatic rings. The average Bonchev–Trinajstić information content (AvgIpc) is 2.83. The van der Waals surface area contributed by atoms with Gasteiger partial charge < -0.3 is 5.32 Å². The molecule has 0 unspecified atom stereocenters. The molecule has 0 aromatic heterocycles. The third kappa shape index (κ3) is 3.54. The van der Waals surface area contributed by atoms with Gasteiger partial charge in [-0.1, -0.05) is 13.8 Å². The SMILES string of the molecule is CC(C)C1CCC(CC(=O)[C@H]2CCCN2)CC1. The van der Waals surface area contributed by atoms with Crippen molar-refractivity contribution in [2.45, 2.75) is 64.8 Å². The van der Waals surface area contributed by atoms with Crippen molar-refractivity contribution >= 4 is 5.78 Å². The van der Waals surface area contributed by atoms with E-state index >= 15 is 0 Å². The number of Topliss-reactive ketones (excluding diaryl/α,β-unsaturated/α-hetero) is 1. The summed E-state index contributed by atoms with van der Waals surface area (Å²) in [6, 6.07) is 0.192. The highest BCUT2D eigenvalue weighted by molar-refractivity contribution is 5.84. The van der Waals surface area contributed by atoms with Gasteiger partial charge in [0, 0.05) is 6.42 Å². The molecule has 2 fully saturated rings. The van der Waals surface area contributed by atoms with Crippen molar-refractivity contribution < 1.29 is 4.79 Å². The van der Waals surface area contributed by atoms with Crippen molar-refractivity contribution in [3.63, 3.8) is 0 Å². The van der Waals surface area contributed by atoms with Crippen LogP contribution in [-0.4, -0.2) is 18.4 Å². The fourth-order valence-electron chi connectivity index (χ4n) is 3.45. The Morgan fingerprint density at radius 3 is 2.41 bits per heavy atom. The Hall–Kier alpha value is -0.370. The molecule has 1 heterocycles. The minimum atomic E-state index is 0.192. The van der Waals surface area contributed by atoms with Crippen molar-refractivity contribution in [1.29, 1.82) is 0 Å². The van der Waals surface area contributed by atoms with Crippen LogP contribution in [0.4, 0.5) is 0 Å². The van der Waals surface area contributed by atoms with E-state index in [1.165, 1.54) is 32.1 Å². The highest BCUT2D eigenvalue weighted by Gasteiger charge is 2.28. The van der Waals surface area contributed by atoms with E-state index in [0.717, 1.165) is 31.2 Å². The highest BCUT2D eigenvalue weighted by Crippen LogP contribution is 2.35. The highest BCUT2D eigenvalue weighted by atomic mass is 16.1. The van der Waals surface area contributed by atoms with Crippen LogP contribution >= 0.6 is 0 Å². The zero-order valence-corrected chi connectivity index (χ0v) is 11.4. The molecular weight excluding hydrogens is 210 g/mol. The molecule has 1 saturated carbocycles. The van der Waals surface area contributed by atoms with Gasteiger partial charge in [-0.3, -0.25) is 4.79 Å². The van der Waals surface area contributed by atoms with E-state index < -0.39 is 0 Å². The molecule has 1 aliphatic carbocycles. The van der Waals surface area contributed by atoms with Crippen LogP contribution in [0.3, 0.4) is 0 Å². The Kier molecular flexibility index (Phi) is 4.61. The van der Waals surface area contributed by atoms with E-state index in [-0.39, 0.29) is 6.04 Å². The maximum atomic E-state index is 12.1. The summed E-state index contributed by atoms with van der Waals surface area (Å²) >= 11 is 0. The lowest BCUT2D eigenvalue weighted by Gasteiger charge is -2.31. The first-order chi connectivity index (χ1) is 8.16. The van der Waals surface area contributed by atoms with E-state index in [0.29, 0.717) is 11.7 Å². The van der Waals surface area contributed by atoms with Crippen molar-refractivity contribution in [3.05, 3.63) is 0 Å². The molecular formula is C15H27NO. The third-order valence-corrected chi connectivity index (χ3v) is 4.77. The fraction of sp³-hybridized carbons (Fsp3) is 0.933. The number of hydrogen-bond donors (Lipinski definition) is 1. The molecule has 0 aromatic carbocycles. The lowest BCUT2D eigenvalue weighted by Crippen LogP contribution is -2.32. The van der Waals surface area contributed by atoms with E-state index in [2.05, 4.69) is 19.2 Å². The van der Waals surface area contributed by atoms with Gasteiger partial charge in [0.15, 0.2) is 0 Å². The Bertz CT molecular complexity index is 248. The van der Waals surface area contributed by atoms with Gasteiger partial charge in [0.1, 0.15) is 5.78 Å². The van der Waals surface area contributed by atoms with Crippen LogP contribution in [0.25, 0.3) is 0 Å². The third-order valence-electron chi connectivity index (χ3n) is 4.77. The minimum absolute atomic E-state index is 0.192. The molecule has 0 spiro atoms. The maximum Gasteiger partial charge on any atom is 0.150 e. The molecule has 2 nitrogen and oxygen atoms in total. The maximum absolute atomic E-state index is 12.1. The Balaban J connectivity index is 1.72. The van der Waals surface area contributed by atoms with Gasteiger partial charge in [0.2, 0.25) is 0 Å². The van der Waals surface area contributed by atoms with Crippen LogP contribution in [0.1, 0.15) is 58.8 Å². The van der Waals surface area contributed by atoms with Gasteiger partial charge in [-0.2, -0.15) is 0 Å². The average molecular weight is 237 g/mol. The lowest BCUT2D eigenvalue weighted by atomic mass is 9.75. The molecule has 0 bridgehead atoms. The fourth-order valence-corrected chi connectivity index (χ4v) is 3.45. The summed E-state index contributed by atoms with van der Waals surface area (Å²) in [6.07, 6.45) is 8.32. The van der Waals surface area contributed by atoms with Crippen molar-refractivity contribution in [2.75, 3.05) is 6.54 Å². The smallest absolute Gasteiger partial charge is 0.150 e. The molecule has 17 heavy (non-hydrogen) atoms. The molecule has 1 atom stereocenters. The second kappa shape index (κ2) is 5.99. The molecule has 2 rings (SSSR count).